The highest BCUT2D eigenvalue weighted by Gasteiger charge is 2.23. The van der Waals surface area contributed by atoms with Crippen LogP contribution in [0.25, 0.3) is 0 Å². The Morgan fingerprint density at radius 2 is 1.75 bits per heavy atom. The van der Waals surface area contributed by atoms with Crippen molar-refractivity contribution in [3.05, 3.63) is 58.3 Å². The smallest absolute Gasteiger partial charge is 0.261 e. The topological polar surface area (TPSA) is 29.1 Å². The first-order valence-electron chi connectivity index (χ1n) is 7.22. The van der Waals surface area contributed by atoms with Crippen molar-refractivity contribution in [2.45, 2.75) is 37.6 Å². The molecule has 1 heterocycles. The van der Waals surface area contributed by atoms with Crippen LogP contribution >= 0.6 is 11.3 Å². The fraction of sp³-hybridized carbons (Fsp3) is 0.353. The maximum Gasteiger partial charge on any atom is 0.261 e. The summed E-state index contributed by atoms with van der Waals surface area (Å²) in [6, 6.07) is 14.9. The lowest BCUT2D eigenvalue weighted by molar-refractivity contribution is 0.0930. The summed E-state index contributed by atoms with van der Waals surface area (Å²) in [5.41, 5.74) is 1.44. The van der Waals surface area contributed by atoms with Gasteiger partial charge < -0.3 is 5.32 Å². The zero-order valence-electron chi connectivity index (χ0n) is 11.4. The van der Waals surface area contributed by atoms with E-state index in [2.05, 4.69) is 35.6 Å². The lowest BCUT2D eigenvalue weighted by Gasteiger charge is -2.29. The Morgan fingerprint density at radius 1 is 1.00 bits per heavy atom. The van der Waals surface area contributed by atoms with Gasteiger partial charge in [-0.25, -0.2) is 0 Å². The lowest BCUT2D eigenvalue weighted by Crippen LogP contribution is -2.36. The number of hydrogen-bond acceptors (Lipinski definition) is 2. The summed E-state index contributed by atoms with van der Waals surface area (Å²) < 4.78 is 0. The minimum atomic E-state index is 0.0863. The quantitative estimate of drug-likeness (QED) is 0.899. The van der Waals surface area contributed by atoms with Gasteiger partial charge in [0.2, 0.25) is 0 Å². The standard InChI is InChI=1S/C17H19NOS/c19-17(16-7-4-12-20-16)18-15-10-8-14(9-11-15)13-5-2-1-3-6-13/h1-7,12,14-15H,8-11H2,(H,18,19). The summed E-state index contributed by atoms with van der Waals surface area (Å²) in [6.45, 7) is 0. The maximum absolute atomic E-state index is 12.0. The molecule has 3 rings (SSSR count). The first kappa shape index (κ1) is 13.4. The van der Waals surface area contributed by atoms with Crippen molar-refractivity contribution in [2.75, 3.05) is 0 Å². The molecule has 20 heavy (non-hydrogen) atoms. The molecule has 104 valence electrons. The van der Waals surface area contributed by atoms with Gasteiger partial charge in [0, 0.05) is 6.04 Å². The lowest BCUT2D eigenvalue weighted by atomic mass is 9.82. The molecule has 1 aliphatic rings. The average molecular weight is 285 g/mol. The van der Waals surface area contributed by atoms with Crippen molar-refractivity contribution in [3.63, 3.8) is 0 Å². The summed E-state index contributed by atoms with van der Waals surface area (Å²) in [6.07, 6.45) is 4.49. The monoisotopic (exact) mass is 285 g/mol. The van der Waals surface area contributed by atoms with Crippen molar-refractivity contribution in [3.8, 4) is 0 Å². The molecule has 0 atom stereocenters. The van der Waals surface area contributed by atoms with Crippen molar-refractivity contribution in [1.82, 2.24) is 5.32 Å². The highest BCUT2D eigenvalue weighted by molar-refractivity contribution is 7.12. The molecule has 0 spiro atoms. The zero-order chi connectivity index (χ0) is 13.8. The summed E-state index contributed by atoms with van der Waals surface area (Å²) in [4.78, 5) is 12.8. The van der Waals surface area contributed by atoms with E-state index in [0.29, 0.717) is 12.0 Å². The Kier molecular flexibility index (Phi) is 4.16. The number of nitrogens with one attached hydrogen (secondary N) is 1. The van der Waals surface area contributed by atoms with Crippen LogP contribution in [0.5, 0.6) is 0 Å². The third-order valence-electron chi connectivity index (χ3n) is 4.08. The predicted octanol–water partition coefficient (Wildman–Crippen LogP) is 4.20. The van der Waals surface area contributed by atoms with Crippen LogP contribution in [0.15, 0.2) is 47.8 Å². The van der Waals surface area contributed by atoms with E-state index in [1.807, 2.05) is 17.5 Å². The molecule has 1 aromatic heterocycles. The molecule has 0 aliphatic heterocycles. The Hall–Kier alpha value is -1.61. The molecular weight excluding hydrogens is 266 g/mol. The molecular formula is C17H19NOS. The number of hydrogen-bond donors (Lipinski definition) is 1. The van der Waals surface area contributed by atoms with Gasteiger partial charge in [-0.2, -0.15) is 0 Å². The van der Waals surface area contributed by atoms with E-state index in [4.69, 9.17) is 0 Å². The molecule has 0 radical (unpaired) electrons. The molecule has 1 saturated carbocycles. The number of benzene rings is 1. The fourth-order valence-electron chi connectivity index (χ4n) is 2.96. The van der Waals surface area contributed by atoms with Gasteiger partial charge in [0.15, 0.2) is 0 Å². The van der Waals surface area contributed by atoms with Gasteiger partial charge in [0.25, 0.3) is 5.91 Å². The van der Waals surface area contributed by atoms with Gasteiger partial charge in [-0.1, -0.05) is 36.4 Å². The van der Waals surface area contributed by atoms with E-state index in [1.54, 1.807) is 0 Å². The van der Waals surface area contributed by atoms with E-state index in [-0.39, 0.29) is 5.91 Å². The third kappa shape index (κ3) is 3.10. The maximum atomic E-state index is 12.0. The summed E-state index contributed by atoms with van der Waals surface area (Å²) in [7, 11) is 0. The summed E-state index contributed by atoms with van der Waals surface area (Å²) in [5, 5.41) is 5.11. The van der Waals surface area contributed by atoms with Crippen molar-refractivity contribution >= 4 is 17.2 Å². The number of carbonyl (C=O) groups is 1. The summed E-state index contributed by atoms with van der Waals surface area (Å²) in [5.74, 6) is 0.745. The van der Waals surface area contributed by atoms with Gasteiger partial charge in [-0.3, -0.25) is 4.79 Å². The van der Waals surface area contributed by atoms with Crippen LogP contribution < -0.4 is 5.32 Å². The minimum absolute atomic E-state index is 0.0863. The number of carbonyl (C=O) groups excluding carboxylic acids is 1. The van der Waals surface area contributed by atoms with Gasteiger partial charge in [0.05, 0.1) is 4.88 Å². The largest absolute Gasteiger partial charge is 0.349 e. The van der Waals surface area contributed by atoms with Crippen LogP contribution in [-0.4, -0.2) is 11.9 Å². The van der Waals surface area contributed by atoms with Crippen LogP contribution in [0, 0.1) is 0 Å². The average Bonchev–Trinajstić information content (AvgIpc) is 3.03. The third-order valence-corrected chi connectivity index (χ3v) is 4.95. The predicted molar refractivity (Wildman–Crippen MR) is 83.2 cm³/mol. The first-order chi connectivity index (χ1) is 9.83. The Bertz CT molecular complexity index is 542. The van der Waals surface area contributed by atoms with Crippen LogP contribution in [0.4, 0.5) is 0 Å². The second-order valence-electron chi connectivity index (χ2n) is 5.41. The summed E-state index contributed by atoms with van der Waals surface area (Å²) >= 11 is 1.50. The second kappa shape index (κ2) is 6.23. The minimum Gasteiger partial charge on any atom is -0.349 e. The van der Waals surface area contributed by atoms with Crippen LogP contribution in [0.2, 0.25) is 0 Å². The molecule has 1 N–H and O–H groups in total. The van der Waals surface area contributed by atoms with Crippen molar-refractivity contribution < 1.29 is 4.79 Å². The second-order valence-corrected chi connectivity index (χ2v) is 6.36. The molecule has 0 bridgehead atoms. The number of amides is 1. The highest BCUT2D eigenvalue weighted by Crippen LogP contribution is 2.32. The molecule has 0 unspecified atom stereocenters. The first-order valence-corrected chi connectivity index (χ1v) is 8.10. The van der Waals surface area contributed by atoms with E-state index in [1.165, 1.54) is 29.7 Å². The normalized spacial score (nSPS) is 22.4. The Labute approximate surface area is 123 Å². The molecule has 3 heteroatoms. The zero-order valence-corrected chi connectivity index (χ0v) is 12.2. The van der Waals surface area contributed by atoms with Gasteiger partial charge in [-0.15, -0.1) is 11.3 Å². The molecule has 1 amide bonds. The van der Waals surface area contributed by atoms with Gasteiger partial charge in [0.1, 0.15) is 0 Å². The van der Waals surface area contributed by atoms with E-state index < -0.39 is 0 Å². The Morgan fingerprint density at radius 3 is 2.40 bits per heavy atom. The number of rotatable bonds is 3. The van der Waals surface area contributed by atoms with E-state index >= 15 is 0 Å². The molecule has 0 saturated heterocycles. The van der Waals surface area contributed by atoms with E-state index in [9.17, 15) is 4.79 Å². The van der Waals surface area contributed by atoms with Crippen LogP contribution in [0.3, 0.4) is 0 Å². The molecule has 2 nitrogen and oxygen atoms in total. The highest BCUT2D eigenvalue weighted by atomic mass is 32.1. The molecule has 2 aromatic rings. The number of thiophene rings is 1. The fourth-order valence-corrected chi connectivity index (χ4v) is 3.59. The Balaban J connectivity index is 1.53. The van der Waals surface area contributed by atoms with E-state index in [0.717, 1.165) is 17.7 Å². The molecule has 1 aromatic carbocycles. The van der Waals surface area contributed by atoms with Crippen LogP contribution in [-0.2, 0) is 0 Å². The van der Waals surface area contributed by atoms with Gasteiger partial charge in [-0.05, 0) is 48.6 Å². The van der Waals surface area contributed by atoms with Gasteiger partial charge >= 0.3 is 0 Å². The van der Waals surface area contributed by atoms with Crippen molar-refractivity contribution in [1.29, 1.82) is 0 Å². The molecule has 1 aliphatic carbocycles. The SMILES string of the molecule is O=C(NC1CCC(c2ccccc2)CC1)c1cccs1. The molecule has 1 fully saturated rings. The van der Waals surface area contributed by atoms with Crippen LogP contribution in [0.1, 0.15) is 46.8 Å². The van der Waals surface area contributed by atoms with Crippen molar-refractivity contribution in [2.24, 2.45) is 0 Å².